The summed E-state index contributed by atoms with van der Waals surface area (Å²) in [7, 11) is 0. The average Bonchev–Trinajstić information content (AvgIpc) is 3.26. The Morgan fingerprint density at radius 2 is 2.08 bits per heavy atom. The average molecular weight is 343 g/mol. The van der Waals surface area contributed by atoms with Gasteiger partial charge in [-0.2, -0.15) is 4.98 Å². The lowest BCUT2D eigenvalue weighted by Gasteiger charge is -2.29. The third kappa shape index (κ3) is 3.24. The lowest BCUT2D eigenvalue weighted by molar-refractivity contribution is -0.124. The van der Waals surface area contributed by atoms with Crippen LogP contribution in [-0.2, 0) is 9.53 Å². The molecule has 1 amide bonds. The minimum absolute atomic E-state index is 0.0719. The Morgan fingerprint density at radius 3 is 2.84 bits per heavy atom. The third-order valence-corrected chi connectivity index (χ3v) is 4.86. The Kier molecular flexibility index (Phi) is 4.40. The zero-order valence-corrected chi connectivity index (χ0v) is 14.1. The summed E-state index contributed by atoms with van der Waals surface area (Å²) in [6.45, 7) is 3.49. The number of hydrogen-bond donors (Lipinski definition) is 1. The summed E-state index contributed by atoms with van der Waals surface area (Å²) in [5.74, 6) is 1.63. The normalized spacial score (nSPS) is 21.4. The van der Waals surface area contributed by atoms with Crippen molar-refractivity contribution in [1.29, 1.82) is 0 Å². The third-order valence-electron chi connectivity index (χ3n) is 4.86. The molecule has 1 saturated heterocycles. The van der Waals surface area contributed by atoms with Crippen LogP contribution in [0.4, 0.5) is 0 Å². The second kappa shape index (κ2) is 6.84. The van der Waals surface area contributed by atoms with Gasteiger partial charge in [-0.3, -0.25) is 4.79 Å². The second-order valence-corrected chi connectivity index (χ2v) is 6.52. The van der Waals surface area contributed by atoms with Gasteiger partial charge in [-0.1, -0.05) is 23.4 Å². The van der Waals surface area contributed by atoms with Gasteiger partial charge in [0.2, 0.25) is 11.8 Å². The summed E-state index contributed by atoms with van der Waals surface area (Å²) in [6, 6.07) is 7.36. The van der Waals surface area contributed by atoms with Crippen molar-refractivity contribution >= 4 is 5.91 Å². The highest BCUT2D eigenvalue weighted by Gasteiger charge is 2.36. The largest absolute Gasteiger partial charge is 0.492 e. The SMILES string of the molecule is Cc1noc([C@@H](NC(=O)[C@H]2COc3ccccc32)C2CCOCC2)n1. The number of nitrogens with one attached hydrogen (secondary N) is 1. The van der Waals surface area contributed by atoms with E-state index in [0.717, 1.165) is 24.2 Å². The smallest absolute Gasteiger partial charge is 0.249 e. The van der Waals surface area contributed by atoms with Gasteiger partial charge in [-0.05, 0) is 31.7 Å². The van der Waals surface area contributed by atoms with Gasteiger partial charge < -0.3 is 19.3 Å². The van der Waals surface area contributed by atoms with Crippen LogP contribution in [0, 0.1) is 12.8 Å². The molecule has 2 aromatic rings. The van der Waals surface area contributed by atoms with E-state index in [1.807, 2.05) is 24.3 Å². The lowest BCUT2D eigenvalue weighted by Crippen LogP contribution is -2.39. The summed E-state index contributed by atoms with van der Waals surface area (Å²) in [5.41, 5.74) is 0.924. The van der Waals surface area contributed by atoms with E-state index in [9.17, 15) is 4.79 Å². The summed E-state index contributed by atoms with van der Waals surface area (Å²) in [4.78, 5) is 17.3. The number of nitrogens with zero attached hydrogens (tertiary/aromatic N) is 2. The number of amides is 1. The van der Waals surface area contributed by atoms with Crippen molar-refractivity contribution in [3.8, 4) is 5.75 Å². The molecule has 0 spiro atoms. The van der Waals surface area contributed by atoms with Crippen molar-refractivity contribution in [2.24, 2.45) is 5.92 Å². The molecule has 0 saturated carbocycles. The Bertz CT molecular complexity index is 754. The van der Waals surface area contributed by atoms with Crippen LogP contribution in [0.2, 0.25) is 0 Å². The van der Waals surface area contributed by atoms with E-state index in [-0.39, 0.29) is 23.8 Å². The fourth-order valence-electron chi connectivity index (χ4n) is 3.50. The Morgan fingerprint density at radius 1 is 1.28 bits per heavy atom. The van der Waals surface area contributed by atoms with Crippen LogP contribution in [0.3, 0.4) is 0 Å². The van der Waals surface area contributed by atoms with Gasteiger partial charge in [-0.25, -0.2) is 0 Å². The maximum Gasteiger partial charge on any atom is 0.249 e. The molecule has 7 heteroatoms. The molecule has 2 aliphatic heterocycles. The van der Waals surface area contributed by atoms with Gasteiger partial charge in [0.25, 0.3) is 0 Å². The molecule has 0 bridgehead atoms. The molecule has 1 fully saturated rings. The highest BCUT2D eigenvalue weighted by Crippen LogP contribution is 2.35. The van der Waals surface area contributed by atoms with Crippen LogP contribution in [0.1, 0.15) is 42.1 Å². The number of rotatable bonds is 4. The summed E-state index contributed by atoms with van der Waals surface area (Å²) in [5, 5.41) is 7.01. The molecule has 7 nitrogen and oxygen atoms in total. The first-order valence-electron chi connectivity index (χ1n) is 8.62. The zero-order chi connectivity index (χ0) is 17.2. The molecule has 2 atom stereocenters. The first-order chi connectivity index (χ1) is 12.2. The standard InChI is InChI=1S/C18H21N3O4/c1-11-19-18(25-21-11)16(12-6-8-23-9-7-12)20-17(22)14-10-24-15-5-3-2-4-13(14)15/h2-5,12,14,16H,6-10H2,1H3,(H,20,22)/t14-,16-/m0/s1. The minimum Gasteiger partial charge on any atom is -0.492 e. The van der Waals surface area contributed by atoms with Crippen LogP contribution < -0.4 is 10.1 Å². The summed E-state index contributed by atoms with van der Waals surface area (Å²) in [6.07, 6.45) is 1.70. The minimum atomic E-state index is -0.317. The predicted octanol–water partition coefficient (Wildman–Crippen LogP) is 2.14. The number of carbonyl (C=O) groups excluding carboxylic acids is 1. The molecule has 2 aliphatic rings. The lowest BCUT2D eigenvalue weighted by atomic mass is 9.90. The number of aryl methyl sites for hydroxylation is 1. The summed E-state index contributed by atoms with van der Waals surface area (Å²) < 4.78 is 16.4. The van der Waals surface area contributed by atoms with Crippen LogP contribution in [0.15, 0.2) is 28.8 Å². The molecule has 3 heterocycles. The van der Waals surface area contributed by atoms with Crippen molar-refractivity contribution in [3.63, 3.8) is 0 Å². The van der Waals surface area contributed by atoms with Crippen LogP contribution in [0.25, 0.3) is 0 Å². The number of ether oxygens (including phenoxy) is 2. The Labute approximate surface area is 145 Å². The van der Waals surface area contributed by atoms with Crippen LogP contribution in [0.5, 0.6) is 5.75 Å². The van der Waals surface area contributed by atoms with E-state index in [2.05, 4.69) is 15.5 Å². The topological polar surface area (TPSA) is 86.5 Å². The van der Waals surface area contributed by atoms with E-state index in [1.165, 1.54) is 0 Å². The van der Waals surface area contributed by atoms with Crippen molar-refractivity contribution in [2.45, 2.75) is 31.7 Å². The predicted molar refractivity (Wildman–Crippen MR) is 88.1 cm³/mol. The van der Waals surface area contributed by atoms with Gasteiger partial charge in [0.05, 0.1) is 0 Å². The molecular weight excluding hydrogens is 322 g/mol. The van der Waals surface area contributed by atoms with Crippen molar-refractivity contribution in [1.82, 2.24) is 15.5 Å². The molecule has 0 aliphatic carbocycles. The maximum atomic E-state index is 12.9. The molecule has 132 valence electrons. The van der Waals surface area contributed by atoms with Crippen molar-refractivity contribution in [3.05, 3.63) is 41.5 Å². The molecule has 1 N–H and O–H groups in total. The van der Waals surface area contributed by atoms with Crippen molar-refractivity contribution < 1.29 is 18.8 Å². The number of para-hydroxylation sites is 1. The number of carbonyl (C=O) groups is 1. The van der Waals surface area contributed by atoms with Gasteiger partial charge in [0.1, 0.15) is 24.3 Å². The maximum absolute atomic E-state index is 12.9. The number of aromatic nitrogens is 2. The van der Waals surface area contributed by atoms with E-state index in [1.54, 1.807) is 6.92 Å². The summed E-state index contributed by atoms with van der Waals surface area (Å²) >= 11 is 0. The second-order valence-electron chi connectivity index (χ2n) is 6.52. The number of fused-ring (bicyclic) bond motifs is 1. The quantitative estimate of drug-likeness (QED) is 0.915. The molecule has 4 rings (SSSR count). The first kappa shape index (κ1) is 16.1. The zero-order valence-electron chi connectivity index (χ0n) is 14.1. The van der Waals surface area contributed by atoms with E-state index in [4.69, 9.17) is 14.0 Å². The molecular formula is C18H21N3O4. The van der Waals surface area contributed by atoms with E-state index >= 15 is 0 Å². The molecule has 1 aromatic heterocycles. The highest BCUT2D eigenvalue weighted by atomic mass is 16.5. The van der Waals surface area contributed by atoms with Crippen LogP contribution in [-0.4, -0.2) is 35.9 Å². The van der Waals surface area contributed by atoms with E-state index < -0.39 is 0 Å². The van der Waals surface area contributed by atoms with Crippen LogP contribution >= 0.6 is 0 Å². The van der Waals surface area contributed by atoms with E-state index in [0.29, 0.717) is 31.5 Å². The molecule has 25 heavy (non-hydrogen) atoms. The van der Waals surface area contributed by atoms with Gasteiger partial charge in [0, 0.05) is 18.8 Å². The first-order valence-corrected chi connectivity index (χ1v) is 8.62. The van der Waals surface area contributed by atoms with Crippen molar-refractivity contribution in [2.75, 3.05) is 19.8 Å². The Hall–Kier alpha value is -2.41. The van der Waals surface area contributed by atoms with Gasteiger partial charge in [0.15, 0.2) is 5.82 Å². The highest BCUT2D eigenvalue weighted by molar-refractivity contribution is 5.85. The van der Waals surface area contributed by atoms with Gasteiger partial charge in [-0.15, -0.1) is 0 Å². The van der Waals surface area contributed by atoms with Gasteiger partial charge >= 0.3 is 0 Å². The Balaban J connectivity index is 1.55. The number of benzene rings is 1. The molecule has 1 aromatic carbocycles. The monoisotopic (exact) mass is 343 g/mol. The fraction of sp³-hybridized carbons (Fsp3) is 0.500. The molecule has 0 radical (unpaired) electrons. The molecule has 0 unspecified atom stereocenters. The number of hydrogen-bond acceptors (Lipinski definition) is 6. The fourth-order valence-corrected chi connectivity index (χ4v) is 3.50.